The fourth-order valence-corrected chi connectivity index (χ4v) is 2.76. The summed E-state index contributed by atoms with van der Waals surface area (Å²) in [6.45, 7) is 9.63. The molecule has 0 fully saturated rings. The van der Waals surface area contributed by atoms with Gasteiger partial charge in [-0.05, 0) is 33.3 Å². The average molecular weight is 291 g/mol. The van der Waals surface area contributed by atoms with Crippen molar-refractivity contribution in [3.63, 3.8) is 0 Å². The number of nitrogens with zero attached hydrogens (tertiary/aromatic N) is 1. The minimum absolute atomic E-state index is 0.108. The van der Waals surface area contributed by atoms with Crippen LogP contribution >= 0.6 is 0 Å². The first-order valence-electron chi connectivity index (χ1n) is 6.65. The Balaban J connectivity index is 2.31. The molecular weight excluding hydrogens is 270 g/mol. The largest absolute Gasteiger partial charge is 0.598 e. The molecule has 0 spiro atoms. The van der Waals surface area contributed by atoms with Gasteiger partial charge in [0.1, 0.15) is 10.8 Å². The Kier molecular flexibility index (Phi) is 4.52. The summed E-state index contributed by atoms with van der Waals surface area (Å²) in [4.78, 5) is 0. The minimum Gasteiger partial charge on any atom is -0.598 e. The van der Waals surface area contributed by atoms with Crippen molar-refractivity contribution < 1.29 is 4.55 Å². The molecule has 0 aliphatic rings. The number of para-hydroxylation sites is 1. The van der Waals surface area contributed by atoms with Crippen LogP contribution < -0.4 is 4.72 Å². The van der Waals surface area contributed by atoms with Crippen LogP contribution in [0.15, 0.2) is 36.9 Å². The van der Waals surface area contributed by atoms with Gasteiger partial charge in [-0.2, -0.15) is 5.10 Å². The summed E-state index contributed by atoms with van der Waals surface area (Å²) in [5.74, 6) is 0. The van der Waals surface area contributed by atoms with Gasteiger partial charge in [-0.15, -0.1) is 11.3 Å². The zero-order valence-corrected chi connectivity index (χ0v) is 13.0. The number of H-pyrrole nitrogens is 1. The fourth-order valence-electron chi connectivity index (χ4n) is 1.94. The number of nitrogens with one attached hydrogen (secondary N) is 2. The SMILES string of the molecule is C=CCC(N[S@@+]([O-])C(C)(C)C)c1n[nH]c2ccccc12. The van der Waals surface area contributed by atoms with Crippen LogP contribution in [0, 0.1) is 0 Å². The van der Waals surface area contributed by atoms with E-state index < -0.39 is 11.4 Å². The van der Waals surface area contributed by atoms with Crippen LogP contribution in [0.4, 0.5) is 0 Å². The molecule has 2 aromatic rings. The van der Waals surface area contributed by atoms with E-state index >= 15 is 0 Å². The van der Waals surface area contributed by atoms with Crippen molar-refractivity contribution in [3.05, 3.63) is 42.6 Å². The second kappa shape index (κ2) is 5.99. The highest BCUT2D eigenvalue weighted by Gasteiger charge is 2.30. The van der Waals surface area contributed by atoms with E-state index in [0.717, 1.165) is 16.6 Å². The van der Waals surface area contributed by atoms with Crippen molar-refractivity contribution >= 4 is 22.3 Å². The van der Waals surface area contributed by atoms with Crippen LogP contribution in [0.25, 0.3) is 10.9 Å². The lowest BCUT2D eigenvalue weighted by Crippen LogP contribution is -2.41. The molecule has 0 amide bonds. The molecule has 5 heteroatoms. The third-order valence-electron chi connectivity index (χ3n) is 3.04. The van der Waals surface area contributed by atoms with E-state index in [0.29, 0.717) is 6.42 Å². The molecule has 1 unspecified atom stereocenters. The third kappa shape index (κ3) is 3.23. The lowest BCUT2D eigenvalue weighted by molar-refractivity contribution is 0.521. The molecule has 20 heavy (non-hydrogen) atoms. The van der Waals surface area contributed by atoms with Crippen LogP contribution in [0.1, 0.15) is 38.9 Å². The molecule has 1 aromatic heterocycles. The second-order valence-electron chi connectivity index (χ2n) is 5.73. The molecule has 108 valence electrons. The van der Waals surface area contributed by atoms with E-state index in [1.54, 1.807) is 0 Å². The molecule has 0 aliphatic heterocycles. The number of hydrogen-bond acceptors (Lipinski definition) is 3. The number of benzene rings is 1. The van der Waals surface area contributed by atoms with Gasteiger partial charge in [0.2, 0.25) is 0 Å². The predicted molar refractivity (Wildman–Crippen MR) is 84.7 cm³/mol. The van der Waals surface area contributed by atoms with E-state index in [9.17, 15) is 4.55 Å². The monoisotopic (exact) mass is 291 g/mol. The van der Waals surface area contributed by atoms with Gasteiger partial charge in [0.15, 0.2) is 0 Å². The highest BCUT2D eigenvalue weighted by molar-refractivity contribution is 7.90. The summed E-state index contributed by atoms with van der Waals surface area (Å²) < 4.78 is 15.2. The first-order valence-corrected chi connectivity index (χ1v) is 7.80. The zero-order valence-electron chi connectivity index (χ0n) is 12.1. The molecule has 2 atom stereocenters. The topological polar surface area (TPSA) is 63.8 Å². The molecule has 1 heterocycles. The van der Waals surface area contributed by atoms with Crippen molar-refractivity contribution in [2.24, 2.45) is 0 Å². The van der Waals surface area contributed by atoms with Crippen molar-refractivity contribution in [2.75, 3.05) is 0 Å². The van der Waals surface area contributed by atoms with E-state index in [2.05, 4.69) is 21.5 Å². The molecule has 0 radical (unpaired) electrons. The number of fused-ring (bicyclic) bond motifs is 1. The van der Waals surface area contributed by atoms with Crippen LogP contribution in [-0.2, 0) is 11.4 Å². The van der Waals surface area contributed by atoms with E-state index in [4.69, 9.17) is 0 Å². The molecule has 0 saturated heterocycles. The predicted octanol–water partition coefficient (Wildman–Crippen LogP) is 3.23. The maximum Gasteiger partial charge on any atom is 0.136 e. The Morgan fingerprint density at radius 1 is 1.45 bits per heavy atom. The number of rotatable bonds is 5. The Morgan fingerprint density at radius 2 is 2.15 bits per heavy atom. The number of aromatic nitrogens is 2. The molecule has 2 rings (SSSR count). The molecule has 4 nitrogen and oxygen atoms in total. The molecule has 0 aliphatic carbocycles. The van der Waals surface area contributed by atoms with Gasteiger partial charge in [0.25, 0.3) is 0 Å². The van der Waals surface area contributed by atoms with Gasteiger partial charge in [-0.25, -0.2) is 0 Å². The summed E-state index contributed by atoms with van der Waals surface area (Å²) in [7, 11) is 0. The smallest absolute Gasteiger partial charge is 0.136 e. The summed E-state index contributed by atoms with van der Waals surface area (Å²) in [5.41, 5.74) is 1.87. The van der Waals surface area contributed by atoms with Gasteiger partial charge in [0, 0.05) is 16.7 Å². The number of aromatic amines is 1. The quantitative estimate of drug-likeness (QED) is 0.656. The molecule has 2 N–H and O–H groups in total. The third-order valence-corrected chi connectivity index (χ3v) is 4.65. The molecule has 0 saturated carbocycles. The Bertz CT molecular complexity index is 588. The number of hydrogen-bond donors (Lipinski definition) is 2. The van der Waals surface area contributed by atoms with Crippen molar-refractivity contribution in [3.8, 4) is 0 Å². The second-order valence-corrected chi connectivity index (χ2v) is 7.73. The Hall–Kier alpha value is -1.30. The van der Waals surface area contributed by atoms with E-state index in [-0.39, 0.29) is 10.8 Å². The highest BCUT2D eigenvalue weighted by Crippen LogP contribution is 2.26. The van der Waals surface area contributed by atoms with Crippen molar-refractivity contribution in [1.29, 1.82) is 0 Å². The summed E-state index contributed by atoms with van der Waals surface area (Å²) >= 11 is -1.15. The molecule has 0 bridgehead atoms. The van der Waals surface area contributed by atoms with Gasteiger partial charge < -0.3 is 4.55 Å². The average Bonchev–Trinajstić information content (AvgIpc) is 2.80. The first kappa shape index (κ1) is 15.1. The minimum atomic E-state index is -1.15. The summed E-state index contributed by atoms with van der Waals surface area (Å²) in [6, 6.07) is 7.84. The maximum atomic E-state index is 12.3. The van der Waals surface area contributed by atoms with Crippen LogP contribution in [0.3, 0.4) is 0 Å². The van der Waals surface area contributed by atoms with Gasteiger partial charge >= 0.3 is 0 Å². The molecule has 1 aromatic carbocycles. The van der Waals surface area contributed by atoms with Gasteiger partial charge in [-0.3, -0.25) is 5.10 Å². The van der Waals surface area contributed by atoms with E-state index in [1.807, 2.05) is 51.1 Å². The van der Waals surface area contributed by atoms with Gasteiger partial charge in [0.05, 0.1) is 11.2 Å². The Morgan fingerprint density at radius 3 is 2.80 bits per heavy atom. The summed E-state index contributed by atoms with van der Waals surface area (Å²) in [5, 5.41) is 8.45. The van der Waals surface area contributed by atoms with Crippen LogP contribution in [-0.4, -0.2) is 19.5 Å². The van der Waals surface area contributed by atoms with Crippen molar-refractivity contribution in [2.45, 2.75) is 38.0 Å². The standard InChI is InChI=1S/C15H21N3OS/c1-5-8-13(18-20(19)15(2,3)4)14-11-9-6-7-10-12(11)16-17-14/h5-7,9-10,13,18H,1,8H2,2-4H3,(H,16,17)/t13?,20-/m0/s1. The zero-order chi connectivity index (χ0) is 14.8. The van der Waals surface area contributed by atoms with Crippen LogP contribution in [0.2, 0.25) is 0 Å². The lowest BCUT2D eigenvalue weighted by Gasteiger charge is -2.27. The van der Waals surface area contributed by atoms with E-state index in [1.165, 1.54) is 0 Å². The lowest BCUT2D eigenvalue weighted by atomic mass is 10.1. The van der Waals surface area contributed by atoms with Crippen molar-refractivity contribution in [1.82, 2.24) is 14.9 Å². The fraction of sp³-hybridized carbons (Fsp3) is 0.400. The summed E-state index contributed by atoms with van der Waals surface area (Å²) in [6.07, 6.45) is 2.50. The van der Waals surface area contributed by atoms with Gasteiger partial charge in [-0.1, -0.05) is 24.3 Å². The maximum absolute atomic E-state index is 12.3. The first-order chi connectivity index (χ1) is 9.43. The normalized spacial score (nSPS) is 15.2. The van der Waals surface area contributed by atoms with Crippen LogP contribution in [0.5, 0.6) is 0 Å². The molecular formula is C15H21N3OS. The highest BCUT2D eigenvalue weighted by atomic mass is 32.2. The Labute approximate surface area is 123 Å².